The van der Waals surface area contributed by atoms with Gasteiger partial charge in [0.1, 0.15) is 12.0 Å². The van der Waals surface area contributed by atoms with E-state index in [9.17, 15) is 9.90 Å². The first-order chi connectivity index (χ1) is 9.70. The van der Waals surface area contributed by atoms with Gasteiger partial charge in [-0.3, -0.25) is 9.69 Å². The molecule has 1 aromatic carbocycles. The molecule has 1 aliphatic heterocycles. The first-order valence-electron chi connectivity index (χ1n) is 7.04. The molecule has 2 bridgehead atoms. The number of aliphatic hydroxyl groups excluding tert-OH is 1. The average molecular weight is 271 g/mol. The van der Waals surface area contributed by atoms with Crippen molar-refractivity contribution in [1.29, 1.82) is 0 Å². The summed E-state index contributed by atoms with van der Waals surface area (Å²) in [5.41, 5.74) is 0.747. The minimum atomic E-state index is -0.708. The number of hydrogen-bond donors (Lipinski definition) is 1. The number of amides is 1. The van der Waals surface area contributed by atoms with E-state index in [0.29, 0.717) is 11.8 Å². The number of anilines is 1. The highest BCUT2D eigenvalue weighted by Crippen LogP contribution is 2.54. The van der Waals surface area contributed by atoms with Crippen molar-refractivity contribution in [1.82, 2.24) is 0 Å². The van der Waals surface area contributed by atoms with E-state index < -0.39 is 6.23 Å². The second-order valence-corrected chi connectivity index (χ2v) is 5.87. The molecular weight excluding hydrogens is 254 g/mol. The fourth-order valence-corrected chi connectivity index (χ4v) is 4.10. The molecule has 104 valence electrons. The Balaban J connectivity index is 1.68. The van der Waals surface area contributed by atoms with Crippen molar-refractivity contribution in [3.8, 4) is 5.75 Å². The molecule has 4 heteroatoms. The van der Waals surface area contributed by atoms with Gasteiger partial charge in [0.05, 0.1) is 13.0 Å². The maximum absolute atomic E-state index is 12.6. The van der Waals surface area contributed by atoms with Crippen molar-refractivity contribution in [3.63, 3.8) is 0 Å². The summed E-state index contributed by atoms with van der Waals surface area (Å²) in [6, 6.07) is 7.29. The Bertz CT molecular complexity index is 580. The molecule has 0 radical (unpaired) electrons. The van der Waals surface area contributed by atoms with Crippen LogP contribution in [0.4, 0.5) is 5.69 Å². The summed E-state index contributed by atoms with van der Waals surface area (Å²) >= 11 is 0. The Morgan fingerprint density at radius 3 is 2.55 bits per heavy atom. The van der Waals surface area contributed by atoms with E-state index in [1.54, 1.807) is 12.0 Å². The maximum atomic E-state index is 12.6. The number of nitrogens with zero attached hydrogens (tertiary/aromatic N) is 1. The molecular formula is C16H17NO3. The third kappa shape index (κ3) is 1.43. The van der Waals surface area contributed by atoms with E-state index in [4.69, 9.17) is 4.74 Å². The summed E-state index contributed by atoms with van der Waals surface area (Å²) in [5, 5.41) is 10.6. The minimum Gasteiger partial charge on any atom is -0.497 e. The van der Waals surface area contributed by atoms with E-state index in [1.807, 2.05) is 24.3 Å². The third-order valence-corrected chi connectivity index (χ3v) is 5.00. The van der Waals surface area contributed by atoms with Crippen LogP contribution in [-0.4, -0.2) is 24.4 Å². The van der Waals surface area contributed by atoms with Crippen LogP contribution in [-0.2, 0) is 4.79 Å². The van der Waals surface area contributed by atoms with Crippen LogP contribution in [0.15, 0.2) is 36.4 Å². The van der Waals surface area contributed by atoms with Crippen LogP contribution in [0.2, 0.25) is 0 Å². The predicted octanol–water partition coefficient (Wildman–Crippen LogP) is 1.80. The van der Waals surface area contributed by atoms with Crippen molar-refractivity contribution in [2.75, 3.05) is 12.0 Å². The Hall–Kier alpha value is -1.81. The fraction of sp³-hybridized carbons (Fsp3) is 0.438. The Kier molecular flexibility index (Phi) is 2.45. The van der Waals surface area contributed by atoms with Gasteiger partial charge in [0, 0.05) is 11.6 Å². The first kappa shape index (κ1) is 12.0. The lowest BCUT2D eigenvalue weighted by Crippen LogP contribution is -2.36. The number of carbonyl (C=O) groups excluding carboxylic acids is 1. The van der Waals surface area contributed by atoms with Crippen LogP contribution in [0.25, 0.3) is 0 Å². The van der Waals surface area contributed by atoms with Gasteiger partial charge in [-0.25, -0.2) is 0 Å². The second kappa shape index (κ2) is 4.09. The Labute approximate surface area is 117 Å². The molecule has 0 aromatic heterocycles. The number of allylic oxidation sites excluding steroid dienone is 2. The number of rotatable bonds is 2. The molecule has 1 saturated carbocycles. The number of fused-ring (bicyclic) bond motifs is 5. The maximum Gasteiger partial charge on any atom is 0.233 e. The Morgan fingerprint density at radius 2 is 1.90 bits per heavy atom. The minimum absolute atomic E-state index is 0.0397. The highest BCUT2D eigenvalue weighted by Gasteiger charge is 2.59. The van der Waals surface area contributed by atoms with Crippen LogP contribution < -0.4 is 9.64 Å². The zero-order valence-electron chi connectivity index (χ0n) is 11.3. The lowest BCUT2D eigenvalue weighted by Gasteiger charge is -2.25. The smallest absolute Gasteiger partial charge is 0.233 e. The monoisotopic (exact) mass is 271 g/mol. The van der Waals surface area contributed by atoms with Crippen molar-refractivity contribution >= 4 is 11.6 Å². The van der Waals surface area contributed by atoms with E-state index >= 15 is 0 Å². The molecule has 2 aliphatic carbocycles. The van der Waals surface area contributed by atoms with Crippen molar-refractivity contribution in [2.24, 2.45) is 23.7 Å². The van der Waals surface area contributed by atoms with Crippen molar-refractivity contribution in [2.45, 2.75) is 12.6 Å². The van der Waals surface area contributed by atoms with Gasteiger partial charge < -0.3 is 9.84 Å². The number of hydrogen-bond acceptors (Lipinski definition) is 3. The van der Waals surface area contributed by atoms with Crippen LogP contribution in [0.1, 0.15) is 6.42 Å². The fourth-order valence-electron chi connectivity index (χ4n) is 4.10. The molecule has 20 heavy (non-hydrogen) atoms. The predicted molar refractivity (Wildman–Crippen MR) is 74.2 cm³/mol. The highest BCUT2D eigenvalue weighted by molar-refractivity contribution is 5.99. The van der Waals surface area contributed by atoms with Crippen LogP contribution >= 0.6 is 0 Å². The SMILES string of the molecule is COc1ccc(N2C(=O)[C@@H]3[C@@H]([C@@H]4C=C[C@H]3C4)[C@@H]2O)cc1. The number of ether oxygens (including phenoxy) is 1. The summed E-state index contributed by atoms with van der Waals surface area (Å²) in [4.78, 5) is 14.2. The molecule has 1 saturated heterocycles. The van der Waals surface area contributed by atoms with Gasteiger partial charge in [0.25, 0.3) is 0 Å². The summed E-state index contributed by atoms with van der Waals surface area (Å²) in [6.45, 7) is 0. The van der Waals surface area contributed by atoms with Gasteiger partial charge in [0.2, 0.25) is 5.91 Å². The first-order valence-corrected chi connectivity index (χ1v) is 7.04. The van der Waals surface area contributed by atoms with Gasteiger partial charge in [0.15, 0.2) is 0 Å². The molecule has 3 aliphatic rings. The molecule has 4 rings (SSSR count). The van der Waals surface area contributed by atoms with Crippen LogP contribution in [0.5, 0.6) is 5.75 Å². The van der Waals surface area contributed by atoms with Gasteiger partial charge in [-0.15, -0.1) is 0 Å². The van der Waals surface area contributed by atoms with E-state index in [2.05, 4.69) is 12.2 Å². The van der Waals surface area contributed by atoms with Crippen molar-refractivity contribution < 1.29 is 14.6 Å². The van der Waals surface area contributed by atoms with E-state index in [-0.39, 0.29) is 17.7 Å². The molecule has 1 amide bonds. The quantitative estimate of drug-likeness (QED) is 0.834. The average Bonchev–Trinajstić information content (AvgIpc) is 3.14. The number of methoxy groups -OCH3 is 1. The number of carbonyl (C=O) groups is 1. The van der Waals surface area contributed by atoms with E-state index in [1.165, 1.54) is 0 Å². The lowest BCUT2D eigenvalue weighted by molar-refractivity contribution is -0.121. The zero-order valence-corrected chi connectivity index (χ0v) is 11.3. The molecule has 0 spiro atoms. The molecule has 4 nitrogen and oxygen atoms in total. The third-order valence-electron chi connectivity index (χ3n) is 5.00. The Morgan fingerprint density at radius 1 is 1.20 bits per heavy atom. The second-order valence-electron chi connectivity index (χ2n) is 5.87. The van der Waals surface area contributed by atoms with Gasteiger partial charge >= 0.3 is 0 Å². The molecule has 5 atom stereocenters. The summed E-state index contributed by atoms with van der Waals surface area (Å²) < 4.78 is 5.13. The van der Waals surface area contributed by atoms with Gasteiger partial charge in [-0.05, 0) is 42.5 Å². The standard InChI is InChI=1S/C16H17NO3/c1-20-12-6-4-11(5-7-12)17-15(18)13-9-2-3-10(8-9)14(13)16(17)19/h2-7,9-10,13-15,18H,8H2,1H3/t9-,10+,13-,14+,15+/m1/s1. The van der Waals surface area contributed by atoms with Crippen molar-refractivity contribution in [3.05, 3.63) is 36.4 Å². The zero-order chi connectivity index (χ0) is 13.9. The normalized spacial score (nSPS) is 37.6. The molecule has 0 unspecified atom stereocenters. The number of benzene rings is 1. The molecule has 1 aromatic rings. The molecule has 2 fully saturated rings. The van der Waals surface area contributed by atoms with Crippen LogP contribution in [0.3, 0.4) is 0 Å². The molecule has 1 N–H and O–H groups in total. The molecule has 1 heterocycles. The summed E-state index contributed by atoms with van der Waals surface area (Å²) in [5.74, 6) is 1.49. The summed E-state index contributed by atoms with van der Waals surface area (Å²) in [7, 11) is 1.61. The number of aliphatic hydroxyl groups is 1. The lowest BCUT2D eigenvalue weighted by atomic mass is 9.85. The van der Waals surface area contributed by atoms with Gasteiger partial charge in [-0.1, -0.05) is 12.2 Å². The topological polar surface area (TPSA) is 49.8 Å². The summed E-state index contributed by atoms with van der Waals surface area (Å²) in [6.07, 6.45) is 4.63. The van der Waals surface area contributed by atoms with E-state index in [0.717, 1.165) is 17.9 Å². The van der Waals surface area contributed by atoms with Crippen LogP contribution in [0, 0.1) is 23.7 Å². The van der Waals surface area contributed by atoms with Gasteiger partial charge in [-0.2, -0.15) is 0 Å². The highest BCUT2D eigenvalue weighted by atomic mass is 16.5. The largest absolute Gasteiger partial charge is 0.497 e.